The molecule has 6 heteroatoms. The van der Waals surface area contributed by atoms with Crippen molar-refractivity contribution in [1.82, 2.24) is 14.6 Å². The molecule has 0 bridgehead atoms. The molecule has 160 valence electrons. The number of allylic oxidation sites excluding steroid dienone is 1. The van der Waals surface area contributed by atoms with Gasteiger partial charge in [-0.1, -0.05) is 5.57 Å². The minimum Gasteiger partial charge on any atom is -0.463 e. The van der Waals surface area contributed by atoms with Crippen LogP contribution in [0, 0.1) is 13.8 Å². The Balaban J connectivity index is 1.42. The van der Waals surface area contributed by atoms with Crippen LogP contribution in [0.25, 0.3) is 5.65 Å². The quantitative estimate of drug-likeness (QED) is 0.772. The molecule has 1 N–H and O–H groups in total. The third-order valence-corrected chi connectivity index (χ3v) is 6.67. The number of aryl methyl sites for hydroxylation is 2. The molecule has 1 fully saturated rings. The maximum atomic E-state index is 12.2. The molecule has 1 saturated heterocycles. The van der Waals surface area contributed by atoms with Crippen molar-refractivity contribution >= 4 is 11.6 Å². The summed E-state index contributed by atoms with van der Waals surface area (Å²) in [4.78, 5) is 18.7. The molecule has 0 saturated carbocycles. The maximum Gasteiger partial charge on any atom is 0.334 e. The highest BCUT2D eigenvalue weighted by molar-refractivity contribution is 5.92. The van der Waals surface area contributed by atoms with E-state index in [0.717, 1.165) is 67.1 Å². The average molecular weight is 410 g/mol. The fraction of sp³-hybridized carbons (Fsp3) is 0.542. The van der Waals surface area contributed by atoms with Crippen molar-refractivity contribution < 1.29 is 14.4 Å². The Kier molecular flexibility index (Phi) is 5.78. The fourth-order valence-corrected chi connectivity index (χ4v) is 4.96. The zero-order chi connectivity index (χ0) is 21.4. The first kappa shape index (κ1) is 20.8. The molecule has 30 heavy (non-hydrogen) atoms. The van der Waals surface area contributed by atoms with Crippen molar-refractivity contribution in [2.24, 2.45) is 0 Å². The van der Waals surface area contributed by atoms with Crippen molar-refractivity contribution in [3.8, 4) is 0 Å². The molecule has 3 heterocycles. The number of nitrogens with one attached hydrogen (secondary N) is 1. The molecular formula is C24H33N4O2+. The third-order valence-electron chi connectivity index (χ3n) is 6.67. The second-order valence-corrected chi connectivity index (χ2v) is 8.84. The second kappa shape index (κ2) is 8.34. The molecule has 2 aromatic rings. The standard InChI is InChI=1S/C24H32N4O2/c1-6-30-24(29)20-11-15(2)21(18(20)5)14-27-9-7-19(8-10-27)22-13-17(4)28-23(25-22)12-16(3)26-28/h12-13,19H,6-11,14H2,1-5H3/p+1. The Morgan fingerprint density at radius 2 is 1.93 bits per heavy atom. The zero-order valence-corrected chi connectivity index (χ0v) is 18.8. The molecule has 0 spiro atoms. The van der Waals surface area contributed by atoms with Gasteiger partial charge in [0.15, 0.2) is 5.65 Å². The monoisotopic (exact) mass is 409 g/mol. The van der Waals surface area contributed by atoms with Crippen LogP contribution < -0.4 is 4.90 Å². The van der Waals surface area contributed by atoms with Gasteiger partial charge in [-0.15, -0.1) is 0 Å². The lowest BCUT2D eigenvalue weighted by Gasteiger charge is -2.30. The van der Waals surface area contributed by atoms with E-state index in [2.05, 4.69) is 38.0 Å². The fourth-order valence-electron chi connectivity index (χ4n) is 4.96. The molecule has 2 aromatic heterocycles. The molecule has 0 aromatic carbocycles. The van der Waals surface area contributed by atoms with Gasteiger partial charge in [0, 0.05) is 53.8 Å². The zero-order valence-electron chi connectivity index (χ0n) is 18.8. The number of hydrogen-bond donors (Lipinski definition) is 1. The number of rotatable bonds is 5. The number of carbonyl (C=O) groups is 1. The van der Waals surface area contributed by atoms with Crippen molar-refractivity contribution in [2.45, 2.75) is 59.8 Å². The van der Waals surface area contributed by atoms with E-state index in [1.807, 2.05) is 18.4 Å². The number of carbonyl (C=O) groups excluding carboxylic acids is 1. The predicted octanol–water partition coefficient (Wildman–Crippen LogP) is 2.71. The first-order valence-corrected chi connectivity index (χ1v) is 11.1. The van der Waals surface area contributed by atoms with E-state index in [9.17, 15) is 4.79 Å². The highest BCUT2D eigenvalue weighted by Crippen LogP contribution is 2.32. The van der Waals surface area contributed by atoms with E-state index in [1.54, 1.807) is 4.90 Å². The van der Waals surface area contributed by atoms with E-state index < -0.39 is 0 Å². The summed E-state index contributed by atoms with van der Waals surface area (Å²) >= 11 is 0. The molecule has 6 nitrogen and oxygen atoms in total. The average Bonchev–Trinajstić information content (AvgIpc) is 3.23. The van der Waals surface area contributed by atoms with Crippen LogP contribution in [-0.2, 0) is 9.53 Å². The minimum absolute atomic E-state index is 0.148. The van der Waals surface area contributed by atoms with Gasteiger partial charge in [0.05, 0.1) is 25.4 Å². The summed E-state index contributed by atoms with van der Waals surface area (Å²) in [6.45, 7) is 13.9. The van der Waals surface area contributed by atoms with Crippen molar-refractivity contribution in [1.29, 1.82) is 0 Å². The number of quaternary nitrogens is 1. The number of aromatic nitrogens is 3. The normalized spacial score (nSPS) is 22.3. The smallest absolute Gasteiger partial charge is 0.334 e. The van der Waals surface area contributed by atoms with Crippen LogP contribution in [0.3, 0.4) is 0 Å². The Morgan fingerprint density at radius 3 is 2.63 bits per heavy atom. The Labute approximate surface area is 178 Å². The number of nitrogens with zero attached hydrogens (tertiary/aromatic N) is 3. The van der Waals surface area contributed by atoms with Gasteiger partial charge in [-0.05, 0) is 46.3 Å². The summed E-state index contributed by atoms with van der Waals surface area (Å²) in [6, 6.07) is 4.26. The van der Waals surface area contributed by atoms with E-state index in [0.29, 0.717) is 12.5 Å². The van der Waals surface area contributed by atoms with Gasteiger partial charge in [-0.2, -0.15) is 5.10 Å². The summed E-state index contributed by atoms with van der Waals surface area (Å²) in [6.07, 6.45) is 3.03. The Bertz CT molecular complexity index is 1040. The summed E-state index contributed by atoms with van der Waals surface area (Å²) in [5.74, 6) is 0.364. The highest BCUT2D eigenvalue weighted by Gasteiger charge is 2.30. The van der Waals surface area contributed by atoms with E-state index >= 15 is 0 Å². The lowest BCUT2D eigenvalue weighted by atomic mass is 9.92. The largest absolute Gasteiger partial charge is 0.463 e. The molecular weight excluding hydrogens is 376 g/mol. The molecule has 0 radical (unpaired) electrons. The van der Waals surface area contributed by atoms with Crippen LogP contribution in [0.2, 0.25) is 0 Å². The minimum atomic E-state index is -0.148. The Hall–Kier alpha value is -2.47. The van der Waals surface area contributed by atoms with Crippen molar-refractivity contribution in [3.63, 3.8) is 0 Å². The molecule has 0 amide bonds. The molecule has 4 rings (SSSR count). The van der Waals surface area contributed by atoms with Crippen LogP contribution in [0.15, 0.2) is 34.4 Å². The number of ether oxygens (including phenoxy) is 1. The number of esters is 1. The first-order valence-electron chi connectivity index (χ1n) is 11.1. The van der Waals surface area contributed by atoms with Crippen LogP contribution in [0.1, 0.15) is 63.0 Å². The second-order valence-electron chi connectivity index (χ2n) is 8.84. The van der Waals surface area contributed by atoms with Gasteiger partial charge < -0.3 is 9.64 Å². The van der Waals surface area contributed by atoms with Gasteiger partial charge in [0.2, 0.25) is 0 Å². The predicted molar refractivity (Wildman–Crippen MR) is 117 cm³/mol. The highest BCUT2D eigenvalue weighted by atomic mass is 16.5. The summed E-state index contributed by atoms with van der Waals surface area (Å²) in [5, 5.41) is 4.52. The molecule has 1 aliphatic heterocycles. The number of piperidine rings is 1. The molecule has 0 atom stereocenters. The van der Waals surface area contributed by atoms with Gasteiger partial charge in [-0.25, -0.2) is 14.3 Å². The SMILES string of the molecule is CCOC(=O)C1=C(C)C(C[NH+]2CCC(c3cc(C)n4nc(C)cc4n3)CC2)=C(C)C1. The van der Waals surface area contributed by atoms with E-state index in [-0.39, 0.29) is 5.97 Å². The number of hydrogen-bond acceptors (Lipinski definition) is 4. The number of fused-ring (bicyclic) bond motifs is 1. The first-order chi connectivity index (χ1) is 14.4. The summed E-state index contributed by atoms with van der Waals surface area (Å²) in [7, 11) is 0. The van der Waals surface area contributed by atoms with Gasteiger partial charge in [0.1, 0.15) is 6.54 Å². The Morgan fingerprint density at radius 1 is 1.20 bits per heavy atom. The van der Waals surface area contributed by atoms with E-state index in [1.165, 1.54) is 16.8 Å². The van der Waals surface area contributed by atoms with Crippen molar-refractivity contribution in [3.05, 3.63) is 51.5 Å². The maximum absolute atomic E-state index is 12.2. The van der Waals surface area contributed by atoms with Crippen LogP contribution in [0.4, 0.5) is 0 Å². The topological polar surface area (TPSA) is 60.9 Å². The van der Waals surface area contributed by atoms with Crippen LogP contribution >= 0.6 is 0 Å². The number of likely N-dealkylation sites (tertiary alicyclic amines) is 1. The van der Waals surface area contributed by atoms with Crippen LogP contribution in [0.5, 0.6) is 0 Å². The van der Waals surface area contributed by atoms with Crippen molar-refractivity contribution in [2.75, 3.05) is 26.2 Å². The van der Waals surface area contributed by atoms with Gasteiger partial charge in [-0.3, -0.25) is 0 Å². The van der Waals surface area contributed by atoms with Gasteiger partial charge in [0.25, 0.3) is 0 Å². The van der Waals surface area contributed by atoms with Crippen LogP contribution in [-0.4, -0.2) is 46.8 Å². The molecule has 0 unspecified atom stereocenters. The lowest BCUT2D eigenvalue weighted by molar-refractivity contribution is -0.900. The molecule has 1 aliphatic carbocycles. The van der Waals surface area contributed by atoms with E-state index in [4.69, 9.17) is 9.72 Å². The van der Waals surface area contributed by atoms with Gasteiger partial charge >= 0.3 is 5.97 Å². The third kappa shape index (κ3) is 3.93. The summed E-state index contributed by atoms with van der Waals surface area (Å²) < 4.78 is 7.18. The summed E-state index contributed by atoms with van der Waals surface area (Å²) in [5.41, 5.74) is 8.99. The molecule has 2 aliphatic rings. The lowest BCUT2D eigenvalue weighted by Crippen LogP contribution is -3.13.